The van der Waals surface area contributed by atoms with Gasteiger partial charge >= 0.3 is 12.1 Å². The van der Waals surface area contributed by atoms with Gasteiger partial charge in [-0.15, -0.1) is 0 Å². The van der Waals surface area contributed by atoms with Gasteiger partial charge in [0.25, 0.3) is 0 Å². The van der Waals surface area contributed by atoms with E-state index < -0.39 is 11.7 Å². The zero-order valence-corrected chi connectivity index (χ0v) is 20.2. The van der Waals surface area contributed by atoms with Crippen molar-refractivity contribution in [3.8, 4) is 11.7 Å². The number of ether oxygens (including phenoxy) is 3. The third-order valence-corrected chi connectivity index (χ3v) is 6.56. The van der Waals surface area contributed by atoms with Gasteiger partial charge in [-0.2, -0.15) is 24.9 Å². The number of H-pyrrole nitrogens is 1. The molecule has 2 heterocycles. The first-order valence-corrected chi connectivity index (χ1v) is 11.6. The average molecular weight is 485 g/mol. The van der Waals surface area contributed by atoms with Gasteiger partial charge in [-0.1, -0.05) is 4.98 Å². The topological polar surface area (TPSA) is 60.2 Å². The minimum Gasteiger partial charge on any atom is -0.496 e. The van der Waals surface area contributed by atoms with Gasteiger partial charge in [0.1, 0.15) is 17.0 Å². The highest BCUT2D eigenvalue weighted by Gasteiger charge is 2.32. The van der Waals surface area contributed by atoms with E-state index in [0.29, 0.717) is 35.9 Å². The minimum absolute atomic E-state index is 0.326. The molecule has 0 spiro atoms. The van der Waals surface area contributed by atoms with Crippen LogP contribution in [-0.2, 0) is 21.4 Å². The fourth-order valence-electron chi connectivity index (χ4n) is 3.40. The van der Waals surface area contributed by atoms with Crippen LogP contribution in [0.5, 0.6) is 5.75 Å². The molecule has 1 aromatic carbocycles. The predicted octanol–water partition coefficient (Wildman–Crippen LogP) is 4.85. The summed E-state index contributed by atoms with van der Waals surface area (Å²) in [6.07, 6.45) is -2.60. The molecule has 6 nitrogen and oxygen atoms in total. The Balaban J connectivity index is 1.89. The molecule has 0 aliphatic rings. The molecule has 3 rings (SSSR count). The molecule has 2 aromatic heterocycles. The Labute approximate surface area is 195 Å². The largest absolute Gasteiger partial charge is 0.496 e. The summed E-state index contributed by atoms with van der Waals surface area (Å²) in [5.41, 5.74) is 1.60. The number of hydrogen-bond acceptors (Lipinski definition) is 5. The van der Waals surface area contributed by atoms with E-state index in [-0.39, 0.29) is 5.60 Å². The van der Waals surface area contributed by atoms with E-state index in [9.17, 15) is 13.2 Å². The van der Waals surface area contributed by atoms with Crippen molar-refractivity contribution in [2.45, 2.75) is 38.3 Å². The van der Waals surface area contributed by atoms with E-state index in [0.717, 1.165) is 34.9 Å². The van der Waals surface area contributed by atoms with Crippen LogP contribution < -0.4 is 9.30 Å². The SMILES string of the molecule is COCCOC(C)(C)CSCc1c(C)c(OC)cc[n+]1-c1nc2ccc(C(F)(F)F)cc2[nH]1. The Hall–Kier alpha value is -2.30. The molecule has 0 fully saturated rings. The van der Waals surface area contributed by atoms with Gasteiger partial charge in [-0.25, -0.2) is 9.55 Å². The maximum Gasteiger partial charge on any atom is 0.416 e. The second kappa shape index (κ2) is 10.3. The zero-order chi connectivity index (χ0) is 24.2. The molecular formula is C23H29F3N3O3S+. The van der Waals surface area contributed by atoms with Gasteiger partial charge in [0.05, 0.1) is 37.7 Å². The lowest BCUT2D eigenvalue weighted by atomic mass is 10.2. The summed E-state index contributed by atoms with van der Waals surface area (Å²) < 4.78 is 57.6. The summed E-state index contributed by atoms with van der Waals surface area (Å²) in [5.74, 6) is 2.54. The molecule has 0 radical (unpaired) electrons. The summed E-state index contributed by atoms with van der Waals surface area (Å²) >= 11 is 1.69. The lowest BCUT2D eigenvalue weighted by molar-refractivity contribution is -0.610. The second-order valence-electron chi connectivity index (χ2n) is 8.21. The molecule has 1 N–H and O–H groups in total. The van der Waals surface area contributed by atoms with E-state index in [1.807, 2.05) is 37.6 Å². The van der Waals surface area contributed by atoms with Crippen molar-refractivity contribution in [2.75, 3.05) is 33.2 Å². The number of hydrogen-bond donors (Lipinski definition) is 1. The average Bonchev–Trinajstić information content (AvgIpc) is 3.17. The number of thioether (sulfide) groups is 1. The number of aromatic amines is 1. The van der Waals surface area contributed by atoms with Gasteiger partial charge < -0.3 is 14.2 Å². The number of methoxy groups -OCH3 is 2. The van der Waals surface area contributed by atoms with Crippen molar-refractivity contribution in [3.05, 3.63) is 47.3 Å². The van der Waals surface area contributed by atoms with Crippen molar-refractivity contribution in [2.24, 2.45) is 0 Å². The van der Waals surface area contributed by atoms with Crippen LogP contribution in [0, 0.1) is 6.92 Å². The summed E-state index contributed by atoms with van der Waals surface area (Å²) in [5, 5.41) is 0. The number of nitrogens with zero attached hydrogens (tertiary/aromatic N) is 2. The Morgan fingerprint density at radius 2 is 1.88 bits per heavy atom. The minimum atomic E-state index is -4.41. The van der Waals surface area contributed by atoms with Crippen LogP contribution >= 0.6 is 11.8 Å². The van der Waals surface area contributed by atoms with Crippen molar-refractivity contribution < 1.29 is 31.9 Å². The molecule has 0 saturated heterocycles. The van der Waals surface area contributed by atoms with E-state index >= 15 is 0 Å². The third-order valence-electron chi connectivity index (χ3n) is 5.18. The van der Waals surface area contributed by atoms with Crippen molar-refractivity contribution in [3.63, 3.8) is 0 Å². The monoisotopic (exact) mass is 484 g/mol. The molecule has 0 unspecified atom stereocenters. The second-order valence-corrected chi connectivity index (χ2v) is 9.20. The number of alkyl halides is 3. The molecule has 33 heavy (non-hydrogen) atoms. The number of halogens is 3. The highest BCUT2D eigenvalue weighted by Crippen LogP contribution is 2.31. The summed E-state index contributed by atoms with van der Waals surface area (Å²) in [6, 6.07) is 5.31. The summed E-state index contributed by atoms with van der Waals surface area (Å²) in [6.45, 7) is 7.06. The third kappa shape index (κ3) is 6.18. The number of rotatable bonds is 10. The summed E-state index contributed by atoms with van der Waals surface area (Å²) in [7, 11) is 3.24. The van der Waals surface area contributed by atoms with Crippen LogP contribution in [0.1, 0.15) is 30.7 Å². The number of aromatic nitrogens is 3. The Kier molecular flexibility index (Phi) is 7.92. The van der Waals surface area contributed by atoms with Crippen molar-refractivity contribution in [1.29, 1.82) is 0 Å². The smallest absolute Gasteiger partial charge is 0.416 e. The van der Waals surface area contributed by atoms with Gasteiger partial charge in [-0.05, 0) is 39.0 Å². The Morgan fingerprint density at radius 1 is 1.12 bits per heavy atom. The standard InChI is InChI=1S/C23H29F3N3O3S/c1-15-19(13-33-14-22(2,3)32-11-10-30-4)29(9-8-20(15)31-5)21-27-17-7-6-16(23(24,25)26)12-18(17)28-21/h6-9,12H,10-11,13-14H2,1-5H3,(H,27,28)/q+1. The fourth-order valence-corrected chi connectivity index (χ4v) is 4.63. The van der Waals surface area contributed by atoms with Crippen LogP contribution in [0.4, 0.5) is 13.2 Å². The maximum atomic E-state index is 13.1. The van der Waals surface area contributed by atoms with Crippen LogP contribution in [0.15, 0.2) is 30.5 Å². The molecule has 10 heteroatoms. The van der Waals surface area contributed by atoms with E-state index in [2.05, 4.69) is 9.97 Å². The quantitative estimate of drug-likeness (QED) is 0.329. The number of pyridine rings is 1. The van der Waals surface area contributed by atoms with E-state index in [4.69, 9.17) is 14.2 Å². The molecule has 0 bridgehead atoms. The van der Waals surface area contributed by atoms with Crippen LogP contribution in [0.25, 0.3) is 17.0 Å². The first kappa shape index (κ1) is 25.3. The molecule has 180 valence electrons. The molecule has 0 amide bonds. The van der Waals surface area contributed by atoms with Gasteiger partial charge in [0.15, 0.2) is 5.52 Å². The lowest BCUT2D eigenvalue weighted by Crippen LogP contribution is -2.38. The Bertz CT molecular complexity index is 1100. The highest BCUT2D eigenvalue weighted by molar-refractivity contribution is 7.98. The van der Waals surface area contributed by atoms with E-state index in [1.165, 1.54) is 6.07 Å². The number of fused-ring (bicyclic) bond motifs is 1. The Morgan fingerprint density at radius 3 is 2.55 bits per heavy atom. The zero-order valence-electron chi connectivity index (χ0n) is 19.4. The van der Waals surface area contributed by atoms with Gasteiger partial charge in [0, 0.05) is 30.2 Å². The van der Waals surface area contributed by atoms with E-state index in [1.54, 1.807) is 26.0 Å². The molecular weight excluding hydrogens is 455 g/mol. The molecule has 0 saturated carbocycles. The maximum absolute atomic E-state index is 13.1. The molecule has 0 atom stereocenters. The van der Waals surface area contributed by atoms with Gasteiger partial charge in [0.2, 0.25) is 0 Å². The molecule has 0 aliphatic carbocycles. The summed E-state index contributed by atoms with van der Waals surface area (Å²) in [4.78, 5) is 7.56. The van der Waals surface area contributed by atoms with Crippen LogP contribution in [0.3, 0.4) is 0 Å². The van der Waals surface area contributed by atoms with Crippen molar-refractivity contribution >= 4 is 22.8 Å². The fraction of sp³-hybridized carbons (Fsp3) is 0.478. The number of benzene rings is 1. The molecule has 3 aromatic rings. The van der Waals surface area contributed by atoms with Gasteiger partial charge in [-0.3, -0.25) is 0 Å². The lowest BCUT2D eigenvalue weighted by Gasteiger charge is -2.25. The first-order chi connectivity index (χ1) is 15.6. The number of nitrogens with one attached hydrogen (secondary N) is 1. The number of imidazole rings is 1. The highest BCUT2D eigenvalue weighted by atomic mass is 32.2. The normalized spacial score (nSPS) is 12.5. The van der Waals surface area contributed by atoms with Crippen LogP contribution in [-0.4, -0.2) is 48.8 Å². The first-order valence-electron chi connectivity index (χ1n) is 10.4. The van der Waals surface area contributed by atoms with Crippen LogP contribution in [0.2, 0.25) is 0 Å². The van der Waals surface area contributed by atoms with Crippen molar-refractivity contribution in [1.82, 2.24) is 9.97 Å². The molecule has 0 aliphatic heterocycles. The predicted molar refractivity (Wildman–Crippen MR) is 122 cm³/mol.